The van der Waals surface area contributed by atoms with Gasteiger partial charge in [0.1, 0.15) is 11.5 Å². The van der Waals surface area contributed by atoms with Gasteiger partial charge in [0, 0.05) is 12.1 Å². The molecule has 0 unspecified atom stereocenters. The Bertz CT molecular complexity index is 920. The molecular weight excluding hydrogens is 388 g/mol. The lowest BCUT2D eigenvalue weighted by Crippen LogP contribution is -2.30. The van der Waals surface area contributed by atoms with Gasteiger partial charge in [-0.3, -0.25) is 4.79 Å². The maximum Gasteiger partial charge on any atom is 0.233 e. The van der Waals surface area contributed by atoms with Gasteiger partial charge in [0.15, 0.2) is 11.0 Å². The van der Waals surface area contributed by atoms with E-state index in [0.29, 0.717) is 12.5 Å². The number of methoxy groups -OCH3 is 1. The van der Waals surface area contributed by atoms with Crippen LogP contribution in [-0.2, 0) is 17.9 Å². The van der Waals surface area contributed by atoms with E-state index in [1.54, 1.807) is 19.4 Å². The predicted molar refractivity (Wildman–Crippen MR) is 113 cm³/mol. The fourth-order valence-electron chi connectivity index (χ4n) is 2.80. The second kappa shape index (κ2) is 9.65. The lowest BCUT2D eigenvalue weighted by molar-refractivity contribution is -0.120. The SMILES string of the molecule is COc1ccc(-c2nnc(S[C@H](C)C(=O)NCc3ccco3)n2CC(C)C)cc1. The molecule has 7 nitrogen and oxygen atoms in total. The number of nitrogens with zero attached hydrogens (tertiary/aromatic N) is 3. The zero-order chi connectivity index (χ0) is 20.8. The van der Waals surface area contributed by atoms with E-state index < -0.39 is 0 Å². The molecule has 0 aliphatic rings. The van der Waals surface area contributed by atoms with Crippen molar-refractivity contribution >= 4 is 17.7 Å². The minimum absolute atomic E-state index is 0.0727. The van der Waals surface area contributed by atoms with Crippen molar-refractivity contribution in [2.75, 3.05) is 7.11 Å². The van der Waals surface area contributed by atoms with Gasteiger partial charge in [-0.1, -0.05) is 25.6 Å². The highest BCUT2D eigenvalue weighted by Gasteiger charge is 2.21. The van der Waals surface area contributed by atoms with Gasteiger partial charge in [0.25, 0.3) is 0 Å². The average Bonchev–Trinajstić information content (AvgIpc) is 3.36. The molecule has 2 heterocycles. The minimum atomic E-state index is -0.316. The van der Waals surface area contributed by atoms with Crippen LogP contribution in [0.15, 0.2) is 52.2 Å². The molecular formula is C21H26N4O3S. The van der Waals surface area contributed by atoms with Gasteiger partial charge in [0.2, 0.25) is 5.91 Å². The van der Waals surface area contributed by atoms with Gasteiger partial charge in [-0.25, -0.2) is 0 Å². The van der Waals surface area contributed by atoms with Gasteiger partial charge in [0.05, 0.1) is 25.2 Å². The highest BCUT2D eigenvalue weighted by Crippen LogP contribution is 2.28. The smallest absolute Gasteiger partial charge is 0.233 e. The number of aromatic nitrogens is 3. The van der Waals surface area contributed by atoms with Crippen LogP contribution in [0.1, 0.15) is 26.5 Å². The number of carbonyl (C=O) groups excluding carboxylic acids is 1. The number of thioether (sulfide) groups is 1. The van der Waals surface area contributed by atoms with E-state index in [2.05, 4.69) is 33.9 Å². The van der Waals surface area contributed by atoms with Crippen molar-refractivity contribution in [2.24, 2.45) is 5.92 Å². The summed E-state index contributed by atoms with van der Waals surface area (Å²) in [5, 5.41) is 12.1. The second-order valence-corrected chi connectivity index (χ2v) is 8.40. The maximum atomic E-state index is 12.5. The molecule has 3 aromatic rings. The first-order valence-corrected chi connectivity index (χ1v) is 10.4. The molecule has 0 spiro atoms. The summed E-state index contributed by atoms with van der Waals surface area (Å²) in [6.45, 7) is 7.28. The van der Waals surface area contributed by atoms with E-state index in [4.69, 9.17) is 9.15 Å². The molecule has 0 bridgehead atoms. The number of benzene rings is 1. The Morgan fingerprint density at radius 2 is 1.97 bits per heavy atom. The fourth-order valence-corrected chi connectivity index (χ4v) is 3.68. The van der Waals surface area contributed by atoms with Crippen LogP contribution in [0.25, 0.3) is 11.4 Å². The first-order valence-electron chi connectivity index (χ1n) is 9.52. The van der Waals surface area contributed by atoms with Crippen molar-refractivity contribution in [3.8, 4) is 17.1 Å². The topological polar surface area (TPSA) is 82.2 Å². The van der Waals surface area contributed by atoms with Gasteiger partial charge >= 0.3 is 0 Å². The van der Waals surface area contributed by atoms with E-state index in [9.17, 15) is 4.79 Å². The Morgan fingerprint density at radius 1 is 1.21 bits per heavy atom. The molecule has 1 N–H and O–H groups in total. The molecule has 0 saturated heterocycles. The molecule has 0 aliphatic carbocycles. The molecule has 8 heteroatoms. The van der Waals surface area contributed by atoms with Gasteiger partial charge in [-0.05, 0) is 49.2 Å². The summed E-state index contributed by atoms with van der Waals surface area (Å²) in [5.41, 5.74) is 0.959. The number of nitrogens with one attached hydrogen (secondary N) is 1. The summed E-state index contributed by atoms with van der Waals surface area (Å²) in [5.74, 6) is 2.63. The first kappa shape index (κ1) is 21.0. The number of hydrogen-bond donors (Lipinski definition) is 1. The Balaban J connectivity index is 1.75. The van der Waals surface area contributed by atoms with Crippen LogP contribution >= 0.6 is 11.8 Å². The monoisotopic (exact) mass is 414 g/mol. The third-order valence-electron chi connectivity index (χ3n) is 4.28. The van der Waals surface area contributed by atoms with E-state index in [0.717, 1.165) is 34.6 Å². The Morgan fingerprint density at radius 3 is 2.59 bits per heavy atom. The molecule has 1 atom stereocenters. The molecule has 0 saturated carbocycles. The van der Waals surface area contributed by atoms with Crippen molar-refractivity contribution in [1.82, 2.24) is 20.1 Å². The second-order valence-electron chi connectivity index (χ2n) is 7.10. The van der Waals surface area contributed by atoms with Crippen LogP contribution in [0.4, 0.5) is 0 Å². The summed E-state index contributed by atoms with van der Waals surface area (Å²) in [6.07, 6.45) is 1.59. The Kier molecular flexibility index (Phi) is 6.98. The van der Waals surface area contributed by atoms with Crippen LogP contribution in [0.5, 0.6) is 5.75 Å². The van der Waals surface area contributed by atoms with E-state index >= 15 is 0 Å². The van der Waals surface area contributed by atoms with Gasteiger partial charge in [-0.15, -0.1) is 10.2 Å². The maximum absolute atomic E-state index is 12.5. The lowest BCUT2D eigenvalue weighted by atomic mass is 10.2. The number of amides is 1. The van der Waals surface area contributed by atoms with Crippen LogP contribution in [0, 0.1) is 5.92 Å². The van der Waals surface area contributed by atoms with E-state index in [1.807, 2.05) is 37.3 Å². The third-order valence-corrected chi connectivity index (χ3v) is 5.36. The van der Waals surface area contributed by atoms with E-state index in [-0.39, 0.29) is 11.2 Å². The van der Waals surface area contributed by atoms with Crippen LogP contribution in [0.2, 0.25) is 0 Å². The van der Waals surface area contributed by atoms with Crippen molar-refractivity contribution in [3.05, 3.63) is 48.4 Å². The third kappa shape index (κ3) is 5.41. The van der Waals surface area contributed by atoms with Crippen molar-refractivity contribution < 1.29 is 13.9 Å². The summed E-state index contributed by atoms with van der Waals surface area (Å²) in [7, 11) is 1.64. The first-order chi connectivity index (χ1) is 14.0. The molecule has 3 rings (SSSR count). The Hall–Kier alpha value is -2.74. The van der Waals surface area contributed by atoms with Crippen molar-refractivity contribution in [2.45, 2.75) is 44.3 Å². The average molecular weight is 415 g/mol. The van der Waals surface area contributed by atoms with E-state index in [1.165, 1.54) is 11.8 Å². The highest BCUT2D eigenvalue weighted by molar-refractivity contribution is 8.00. The number of ether oxygens (including phenoxy) is 1. The normalized spacial score (nSPS) is 12.2. The molecule has 2 aromatic heterocycles. The predicted octanol–water partition coefficient (Wildman–Crippen LogP) is 4.00. The molecule has 1 aromatic carbocycles. The standard InChI is InChI=1S/C21H26N4O3S/c1-14(2)13-25-19(16-7-9-17(27-4)10-8-16)23-24-21(25)29-15(3)20(26)22-12-18-6-5-11-28-18/h5-11,14-15H,12-13H2,1-4H3,(H,22,26)/t15-/m1/s1. The number of furan rings is 1. The van der Waals surface area contributed by atoms with Crippen LogP contribution < -0.4 is 10.1 Å². The molecule has 0 radical (unpaired) electrons. The summed E-state index contributed by atoms with van der Waals surface area (Å²) < 4.78 is 12.6. The van der Waals surface area contributed by atoms with Crippen molar-refractivity contribution in [1.29, 1.82) is 0 Å². The van der Waals surface area contributed by atoms with Crippen molar-refractivity contribution in [3.63, 3.8) is 0 Å². The van der Waals surface area contributed by atoms with Crippen LogP contribution in [0.3, 0.4) is 0 Å². The molecule has 29 heavy (non-hydrogen) atoms. The number of carbonyl (C=O) groups is 1. The summed E-state index contributed by atoms with van der Waals surface area (Å²) >= 11 is 1.40. The fraction of sp³-hybridized carbons (Fsp3) is 0.381. The van der Waals surface area contributed by atoms with Gasteiger partial charge in [-0.2, -0.15) is 0 Å². The number of hydrogen-bond acceptors (Lipinski definition) is 6. The molecule has 154 valence electrons. The largest absolute Gasteiger partial charge is 0.497 e. The molecule has 1 amide bonds. The molecule has 0 fully saturated rings. The summed E-state index contributed by atoms with van der Waals surface area (Å²) in [6, 6.07) is 11.4. The zero-order valence-corrected chi connectivity index (χ0v) is 17.9. The number of rotatable bonds is 9. The summed E-state index contributed by atoms with van der Waals surface area (Å²) in [4.78, 5) is 12.5. The highest BCUT2D eigenvalue weighted by atomic mass is 32.2. The van der Waals surface area contributed by atoms with Gasteiger partial charge < -0.3 is 19.0 Å². The minimum Gasteiger partial charge on any atom is -0.497 e. The molecule has 0 aliphatic heterocycles. The van der Waals surface area contributed by atoms with Crippen LogP contribution in [-0.4, -0.2) is 33.0 Å². The quantitative estimate of drug-likeness (QED) is 0.533. The lowest BCUT2D eigenvalue weighted by Gasteiger charge is -2.15. The zero-order valence-electron chi connectivity index (χ0n) is 17.1. The Labute approximate surface area is 174 Å².